The van der Waals surface area contributed by atoms with Crippen LogP contribution >= 0.6 is 0 Å². The van der Waals surface area contributed by atoms with Crippen molar-refractivity contribution < 1.29 is 14.0 Å². The number of likely N-dealkylation sites (N-methyl/N-ethyl adjacent to an activating group) is 1. The molecule has 0 aliphatic carbocycles. The van der Waals surface area contributed by atoms with Crippen LogP contribution in [0.15, 0.2) is 48.5 Å². The Hall–Kier alpha value is -3.20. The zero-order chi connectivity index (χ0) is 16.8. The molecule has 0 saturated heterocycles. The molecule has 0 spiro atoms. The molecule has 0 bridgehead atoms. The number of benzene rings is 2. The minimum atomic E-state index is -0.399. The number of nitrogens with zero attached hydrogens (tertiary/aromatic N) is 2. The summed E-state index contributed by atoms with van der Waals surface area (Å²) in [5.74, 6) is -1.16. The molecule has 116 valence electrons. The number of hydrogen-bond donors (Lipinski definition) is 1. The van der Waals surface area contributed by atoms with E-state index in [0.717, 1.165) is 0 Å². The van der Waals surface area contributed by atoms with Crippen LogP contribution in [0.3, 0.4) is 0 Å². The quantitative estimate of drug-likeness (QED) is 0.942. The highest BCUT2D eigenvalue weighted by Crippen LogP contribution is 2.09. The SMILES string of the molecule is CN(CC(=O)Nc1ccc(F)cc1)C(=O)c1cccc(C#N)c1. The number of amides is 2. The van der Waals surface area contributed by atoms with Crippen molar-refractivity contribution in [1.82, 2.24) is 4.90 Å². The van der Waals surface area contributed by atoms with Gasteiger partial charge in [0.1, 0.15) is 5.82 Å². The molecule has 0 aromatic heterocycles. The molecular formula is C17H14FN3O2. The van der Waals surface area contributed by atoms with Gasteiger partial charge in [-0.15, -0.1) is 0 Å². The summed E-state index contributed by atoms with van der Waals surface area (Å²) in [7, 11) is 1.49. The molecule has 2 amide bonds. The Morgan fingerprint density at radius 1 is 1.22 bits per heavy atom. The molecular weight excluding hydrogens is 297 g/mol. The van der Waals surface area contributed by atoms with Gasteiger partial charge in [-0.3, -0.25) is 9.59 Å². The maximum Gasteiger partial charge on any atom is 0.254 e. The monoisotopic (exact) mass is 311 g/mol. The van der Waals surface area contributed by atoms with Gasteiger partial charge in [0.05, 0.1) is 18.2 Å². The smallest absolute Gasteiger partial charge is 0.254 e. The number of nitriles is 1. The van der Waals surface area contributed by atoms with E-state index in [1.807, 2.05) is 6.07 Å². The molecule has 0 unspecified atom stereocenters. The minimum Gasteiger partial charge on any atom is -0.332 e. The summed E-state index contributed by atoms with van der Waals surface area (Å²) in [6.45, 7) is -0.160. The normalized spacial score (nSPS) is 9.78. The second-order valence-corrected chi connectivity index (χ2v) is 4.91. The van der Waals surface area contributed by atoms with Crippen LogP contribution in [0.25, 0.3) is 0 Å². The van der Waals surface area contributed by atoms with Crippen LogP contribution in [0, 0.1) is 17.1 Å². The first kappa shape index (κ1) is 16.2. The third-order valence-electron chi connectivity index (χ3n) is 3.09. The van der Waals surface area contributed by atoms with E-state index in [2.05, 4.69) is 5.32 Å². The zero-order valence-corrected chi connectivity index (χ0v) is 12.4. The lowest BCUT2D eigenvalue weighted by atomic mass is 10.1. The van der Waals surface area contributed by atoms with Crippen LogP contribution in [0.2, 0.25) is 0 Å². The number of carbonyl (C=O) groups excluding carboxylic acids is 2. The molecule has 5 nitrogen and oxygen atoms in total. The fourth-order valence-corrected chi connectivity index (χ4v) is 1.96. The van der Waals surface area contributed by atoms with Crippen LogP contribution in [-0.2, 0) is 4.79 Å². The van der Waals surface area contributed by atoms with E-state index >= 15 is 0 Å². The molecule has 0 atom stereocenters. The maximum atomic E-state index is 12.8. The third kappa shape index (κ3) is 4.38. The van der Waals surface area contributed by atoms with E-state index in [4.69, 9.17) is 5.26 Å². The number of nitrogens with one attached hydrogen (secondary N) is 1. The predicted octanol–water partition coefficient (Wildman–Crippen LogP) is 2.41. The van der Waals surface area contributed by atoms with E-state index in [1.165, 1.54) is 42.3 Å². The van der Waals surface area contributed by atoms with Crippen LogP contribution in [0.4, 0.5) is 10.1 Å². The third-order valence-corrected chi connectivity index (χ3v) is 3.09. The van der Waals surface area contributed by atoms with Gasteiger partial charge in [0, 0.05) is 18.3 Å². The van der Waals surface area contributed by atoms with Crippen LogP contribution in [0.1, 0.15) is 15.9 Å². The van der Waals surface area contributed by atoms with Crippen molar-refractivity contribution >= 4 is 17.5 Å². The van der Waals surface area contributed by atoms with Gasteiger partial charge in [0.2, 0.25) is 5.91 Å². The Labute approximate surface area is 133 Å². The summed E-state index contributed by atoms with van der Waals surface area (Å²) in [6.07, 6.45) is 0. The molecule has 6 heteroatoms. The fourth-order valence-electron chi connectivity index (χ4n) is 1.96. The van der Waals surface area contributed by atoms with Gasteiger partial charge in [0.15, 0.2) is 0 Å². The van der Waals surface area contributed by atoms with Gasteiger partial charge < -0.3 is 10.2 Å². The minimum absolute atomic E-state index is 0.160. The molecule has 2 aromatic carbocycles. The van der Waals surface area contributed by atoms with E-state index in [1.54, 1.807) is 18.2 Å². The second-order valence-electron chi connectivity index (χ2n) is 4.91. The van der Waals surface area contributed by atoms with E-state index < -0.39 is 11.7 Å². The largest absolute Gasteiger partial charge is 0.332 e. The van der Waals surface area contributed by atoms with Gasteiger partial charge in [-0.25, -0.2) is 4.39 Å². The molecule has 0 aliphatic rings. The van der Waals surface area contributed by atoms with Crippen molar-refractivity contribution in [3.63, 3.8) is 0 Å². The van der Waals surface area contributed by atoms with Crippen LogP contribution in [0.5, 0.6) is 0 Å². The van der Waals surface area contributed by atoms with Gasteiger partial charge in [-0.1, -0.05) is 6.07 Å². The summed E-state index contributed by atoms with van der Waals surface area (Å²) in [4.78, 5) is 25.4. The lowest BCUT2D eigenvalue weighted by Gasteiger charge is -2.17. The van der Waals surface area contributed by atoms with Crippen LogP contribution in [-0.4, -0.2) is 30.3 Å². The Bertz CT molecular complexity index is 766. The fraction of sp³-hybridized carbons (Fsp3) is 0.118. The number of carbonyl (C=O) groups is 2. The molecule has 2 aromatic rings. The predicted molar refractivity (Wildman–Crippen MR) is 83.1 cm³/mol. The van der Waals surface area contributed by atoms with Gasteiger partial charge in [0.25, 0.3) is 5.91 Å². The van der Waals surface area contributed by atoms with E-state index in [-0.39, 0.29) is 12.5 Å². The first-order valence-electron chi connectivity index (χ1n) is 6.80. The standard InChI is InChI=1S/C17H14FN3O2/c1-21(17(23)13-4-2-3-12(9-13)10-19)11-16(22)20-15-7-5-14(18)6-8-15/h2-9H,11H2,1H3,(H,20,22). The average Bonchev–Trinajstić information content (AvgIpc) is 2.56. The van der Waals surface area contributed by atoms with Crippen molar-refractivity contribution in [3.05, 3.63) is 65.5 Å². The van der Waals surface area contributed by atoms with Crippen molar-refractivity contribution in [2.75, 3.05) is 18.9 Å². The highest BCUT2D eigenvalue weighted by molar-refractivity contribution is 5.99. The lowest BCUT2D eigenvalue weighted by Crippen LogP contribution is -2.34. The highest BCUT2D eigenvalue weighted by atomic mass is 19.1. The van der Waals surface area contributed by atoms with Gasteiger partial charge in [-0.05, 0) is 42.5 Å². The summed E-state index contributed by atoms with van der Waals surface area (Å²) < 4.78 is 12.8. The van der Waals surface area contributed by atoms with Gasteiger partial charge >= 0.3 is 0 Å². The Balaban J connectivity index is 1.98. The lowest BCUT2D eigenvalue weighted by molar-refractivity contribution is -0.116. The second kappa shape index (κ2) is 7.18. The maximum absolute atomic E-state index is 12.8. The van der Waals surface area contributed by atoms with Crippen molar-refractivity contribution in [1.29, 1.82) is 5.26 Å². The van der Waals surface area contributed by atoms with E-state index in [9.17, 15) is 14.0 Å². The van der Waals surface area contributed by atoms with E-state index in [0.29, 0.717) is 16.8 Å². The Morgan fingerprint density at radius 3 is 2.57 bits per heavy atom. The summed E-state index contributed by atoms with van der Waals surface area (Å²) in [5, 5.41) is 11.4. The molecule has 0 saturated carbocycles. The first-order valence-corrected chi connectivity index (χ1v) is 6.80. The Morgan fingerprint density at radius 2 is 1.91 bits per heavy atom. The molecule has 0 aliphatic heterocycles. The molecule has 0 heterocycles. The summed E-state index contributed by atoms with van der Waals surface area (Å²) in [6, 6.07) is 13.6. The average molecular weight is 311 g/mol. The first-order chi connectivity index (χ1) is 11.0. The van der Waals surface area contributed by atoms with Crippen molar-refractivity contribution in [3.8, 4) is 6.07 Å². The van der Waals surface area contributed by atoms with Crippen molar-refractivity contribution in [2.45, 2.75) is 0 Å². The summed E-state index contributed by atoms with van der Waals surface area (Å²) >= 11 is 0. The number of halogens is 1. The van der Waals surface area contributed by atoms with Crippen molar-refractivity contribution in [2.24, 2.45) is 0 Å². The Kier molecular flexibility index (Phi) is 5.05. The topological polar surface area (TPSA) is 73.2 Å². The highest BCUT2D eigenvalue weighted by Gasteiger charge is 2.15. The molecule has 0 radical (unpaired) electrons. The number of hydrogen-bond acceptors (Lipinski definition) is 3. The van der Waals surface area contributed by atoms with Gasteiger partial charge in [-0.2, -0.15) is 5.26 Å². The molecule has 0 fully saturated rings. The summed E-state index contributed by atoms with van der Waals surface area (Å²) in [5.41, 5.74) is 1.16. The molecule has 1 N–H and O–H groups in total. The number of anilines is 1. The van der Waals surface area contributed by atoms with Crippen LogP contribution < -0.4 is 5.32 Å². The molecule has 23 heavy (non-hydrogen) atoms. The zero-order valence-electron chi connectivity index (χ0n) is 12.4. The molecule has 2 rings (SSSR count). The number of rotatable bonds is 4.